The fourth-order valence-corrected chi connectivity index (χ4v) is 4.08. The number of hydrogen-bond donors (Lipinski definition) is 1. The first kappa shape index (κ1) is 19.1. The lowest BCUT2D eigenvalue weighted by Crippen LogP contribution is -2.43. The van der Waals surface area contributed by atoms with Crippen molar-refractivity contribution in [3.63, 3.8) is 0 Å². The van der Waals surface area contributed by atoms with Gasteiger partial charge in [0.2, 0.25) is 5.91 Å². The molecule has 8 heteroatoms. The molecule has 5 nitrogen and oxygen atoms in total. The quantitative estimate of drug-likeness (QED) is 0.604. The number of carbonyl (C=O) groups excluding carboxylic acids is 1. The van der Waals surface area contributed by atoms with E-state index in [1.165, 1.54) is 23.3 Å². The van der Waals surface area contributed by atoms with E-state index in [9.17, 15) is 18.7 Å². The van der Waals surface area contributed by atoms with E-state index < -0.39 is 12.0 Å². The third-order valence-electron chi connectivity index (χ3n) is 4.54. The van der Waals surface area contributed by atoms with E-state index in [4.69, 9.17) is 0 Å². The number of amides is 1. The van der Waals surface area contributed by atoms with Crippen molar-refractivity contribution in [1.29, 1.82) is 0 Å². The van der Waals surface area contributed by atoms with E-state index in [0.717, 1.165) is 18.0 Å². The SMILES string of the molecule is CC(C)(CO)C(=O)N1CC2=C(CN(Sc3ccc(OC(F)F)cc3)C2)C1. The summed E-state index contributed by atoms with van der Waals surface area (Å²) in [7, 11) is 0. The van der Waals surface area contributed by atoms with Gasteiger partial charge in [-0.3, -0.25) is 4.79 Å². The van der Waals surface area contributed by atoms with Gasteiger partial charge >= 0.3 is 6.61 Å². The number of rotatable bonds is 6. The van der Waals surface area contributed by atoms with Gasteiger partial charge in [0.25, 0.3) is 0 Å². The minimum absolute atomic E-state index is 0.0248. The zero-order valence-electron chi connectivity index (χ0n) is 14.7. The molecule has 0 saturated carbocycles. The van der Waals surface area contributed by atoms with Gasteiger partial charge in [-0.1, -0.05) is 0 Å². The molecule has 0 aromatic heterocycles. The molecule has 0 bridgehead atoms. The van der Waals surface area contributed by atoms with Gasteiger partial charge in [0.15, 0.2) is 0 Å². The average Bonchev–Trinajstić information content (AvgIpc) is 3.13. The van der Waals surface area contributed by atoms with Crippen molar-refractivity contribution in [2.24, 2.45) is 5.41 Å². The van der Waals surface area contributed by atoms with Crippen LogP contribution in [0.2, 0.25) is 0 Å². The summed E-state index contributed by atoms with van der Waals surface area (Å²) in [5, 5.41) is 9.38. The van der Waals surface area contributed by atoms with E-state index in [0.29, 0.717) is 13.1 Å². The Labute approximate surface area is 155 Å². The van der Waals surface area contributed by atoms with E-state index in [2.05, 4.69) is 9.04 Å². The standard InChI is InChI=1S/C18H22F2N2O3S/c1-18(2,11-23)16(24)21-7-12-9-22(10-13(12)8-21)26-15-5-3-14(4-6-15)25-17(19)20/h3-6,17,23H,7-11H2,1-2H3. The number of ether oxygens (including phenoxy) is 1. The molecule has 1 N–H and O–H groups in total. The van der Waals surface area contributed by atoms with Crippen LogP contribution in [-0.2, 0) is 4.79 Å². The molecule has 1 amide bonds. The van der Waals surface area contributed by atoms with Crippen LogP contribution in [0.1, 0.15) is 13.8 Å². The maximum absolute atomic E-state index is 12.5. The van der Waals surface area contributed by atoms with Crippen LogP contribution in [0.3, 0.4) is 0 Å². The highest BCUT2D eigenvalue weighted by Crippen LogP contribution is 2.35. The normalized spacial score (nSPS) is 18.0. The van der Waals surface area contributed by atoms with Crippen LogP contribution in [0, 0.1) is 5.41 Å². The fourth-order valence-electron chi connectivity index (χ4n) is 3.08. The summed E-state index contributed by atoms with van der Waals surface area (Å²) in [5.41, 5.74) is 1.74. The van der Waals surface area contributed by atoms with Crippen LogP contribution in [0.25, 0.3) is 0 Å². The minimum Gasteiger partial charge on any atom is -0.435 e. The Morgan fingerprint density at radius 2 is 1.77 bits per heavy atom. The van der Waals surface area contributed by atoms with Crippen molar-refractivity contribution in [2.75, 3.05) is 32.8 Å². The number of benzene rings is 1. The Morgan fingerprint density at radius 3 is 2.27 bits per heavy atom. The summed E-state index contributed by atoms with van der Waals surface area (Å²) in [6, 6.07) is 6.57. The zero-order chi connectivity index (χ0) is 18.9. The van der Waals surface area contributed by atoms with Crippen LogP contribution in [0.4, 0.5) is 8.78 Å². The topological polar surface area (TPSA) is 53.0 Å². The summed E-state index contributed by atoms with van der Waals surface area (Å²) in [4.78, 5) is 15.2. The van der Waals surface area contributed by atoms with Gasteiger partial charge in [0.1, 0.15) is 5.75 Å². The number of halogens is 2. The second-order valence-corrected chi connectivity index (χ2v) is 8.32. The lowest BCUT2D eigenvalue weighted by Gasteiger charge is -2.29. The Hall–Kier alpha value is -1.64. The van der Waals surface area contributed by atoms with E-state index in [1.54, 1.807) is 42.8 Å². The first-order valence-corrected chi connectivity index (χ1v) is 9.13. The third-order valence-corrected chi connectivity index (χ3v) is 5.54. The second kappa shape index (κ2) is 7.54. The summed E-state index contributed by atoms with van der Waals surface area (Å²) in [6.45, 7) is 3.26. The second-order valence-electron chi connectivity index (χ2n) is 7.15. The van der Waals surface area contributed by atoms with Gasteiger partial charge in [-0.15, -0.1) is 0 Å². The van der Waals surface area contributed by atoms with Crippen LogP contribution < -0.4 is 4.74 Å². The smallest absolute Gasteiger partial charge is 0.387 e. The number of carbonyl (C=O) groups is 1. The maximum Gasteiger partial charge on any atom is 0.387 e. The van der Waals surface area contributed by atoms with E-state index >= 15 is 0 Å². The molecule has 0 radical (unpaired) electrons. The van der Waals surface area contributed by atoms with Gasteiger partial charge in [-0.2, -0.15) is 8.78 Å². The van der Waals surface area contributed by atoms with Crippen molar-refractivity contribution in [2.45, 2.75) is 25.4 Å². The molecule has 0 unspecified atom stereocenters. The van der Waals surface area contributed by atoms with Gasteiger partial charge in [0, 0.05) is 31.1 Å². The molecular weight excluding hydrogens is 362 g/mol. The molecule has 142 valence electrons. The van der Waals surface area contributed by atoms with Gasteiger partial charge in [-0.05, 0) is 61.2 Å². The molecule has 0 saturated heterocycles. The number of hydrogen-bond acceptors (Lipinski definition) is 5. The number of alkyl halides is 2. The van der Waals surface area contributed by atoms with Crippen LogP contribution in [0.5, 0.6) is 5.75 Å². The van der Waals surface area contributed by atoms with Crippen molar-refractivity contribution in [3.8, 4) is 5.75 Å². The number of aliphatic hydroxyl groups is 1. The molecular formula is C18H22F2N2O3S. The average molecular weight is 384 g/mol. The highest BCUT2D eigenvalue weighted by molar-refractivity contribution is 7.97. The predicted molar refractivity (Wildman–Crippen MR) is 95.0 cm³/mol. The van der Waals surface area contributed by atoms with E-state index in [1.807, 2.05) is 0 Å². The number of nitrogens with zero attached hydrogens (tertiary/aromatic N) is 2. The molecule has 0 atom stereocenters. The lowest BCUT2D eigenvalue weighted by atomic mass is 9.93. The minimum atomic E-state index is -2.82. The predicted octanol–water partition coefficient (Wildman–Crippen LogP) is 2.77. The molecule has 26 heavy (non-hydrogen) atoms. The Morgan fingerprint density at radius 1 is 1.19 bits per heavy atom. The Kier molecular flexibility index (Phi) is 5.55. The van der Waals surface area contributed by atoms with Gasteiger partial charge in [-0.25, -0.2) is 4.31 Å². The molecule has 2 aliphatic rings. The van der Waals surface area contributed by atoms with Crippen molar-refractivity contribution >= 4 is 17.9 Å². The van der Waals surface area contributed by atoms with Crippen LogP contribution in [-0.4, -0.2) is 59.6 Å². The molecule has 0 aliphatic carbocycles. The molecule has 2 aliphatic heterocycles. The van der Waals surface area contributed by atoms with Crippen molar-refractivity contribution < 1.29 is 23.4 Å². The summed E-state index contributed by atoms with van der Waals surface area (Å²) in [5.74, 6) is 0.121. The summed E-state index contributed by atoms with van der Waals surface area (Å²) < 4.78 is 30.9. The largest absolute Gasteiger partial charge is 0.435 e. The monoisotopic (exact) mass is 384 g/mol. The van der Waals surface area contributed by atoms with Crippen LogP contribution in [0.15, 0.2) is 40.3 Å². The zero-order valence-corrected chi connectivity index (χ0v) is 15.6. The van der Waals surface area contributed by atoms with E-state index in [-0.39, 0.29) is 18.3 Å². The number of aliphatic hydroxyl groups excluding tert-OH is 1. The Balaban J connectivity index is 1.52. The summed E-state index contributed by atoms with van der Waals surface area (Å²) in [6.07, 6.45) is 0. The molecule has 2 heterocycles. The summed E-state index contributed by atoms with van der Waals surface area (Å²) >= 11 is 1.56. The molecule has 1 aromatic carbocycles. The van der Waals surface area contributed by atoms with Crippen molar-refractivity contribution in [1.82, 2.24) is 9.21 Å². The van der Waals surface area contributed by atoms with Gasteiger partial charge < -0.3 is 14.7 Å². The molecule has 0 spiro atoms. The van der Waals surface area contributed by atoms with Crippen LogP contribution >= 0.6 is 11.9 Å². The van der Waals surface area contributed by atoms with Gasteiger partial charge in [0.05, 0.1) is 12.0 Å². The highest BCUT2D eigenvalue weighted by Gasteiger charge is 2.38. The van der Waals surface area contributed by atoms with Crippen molar-refractivity contribution in [3.05, 3.63) is 35.4 Å². The first-order valence-electron chi connectivity index (χ1n) is 8.36. The highest BCUT2D eigenvalue weighted by atomic mass is 32.2. The lowest BCUT2D eigenvalue weighted by molar-refractivity contribution is -0.141. The maximum atomic E-state index is 12.5. The third kappa shape index (κ3) is 4.19. The molecule has 3 rings (SSSR count). The molecule has 0 fully saturated rings. The Bertz CT molecular complexity index is 689. The molecule has 1 aromatic rings. The fraction of sp³-hybridized carbons (Fsp3) is 0.500. The first-order chi connectivity index (χ1) is 12.3.